The van der Waals surface area contributed by atoms with E-state index in [2.05, 4.69) is 30.3 Å². The van der Waals surface area contributed by atoms with E-state index in [1.807, 2.05) is 23.9 Å². The molecule has 2 atom stereocenters. The minimum Gasteiger partial charge on any atom is -0.366 e. The Bertz CT molecular complexity index is 859. The molecule has 0 aliphatic carbocycles. The summed E-state index contributed by atoms with van der Waals surface area (Å²) < 4.78 is 0. The minimum atomic E-state index is -0.392. The van der Waals surface area contributed by atoms with Gasteiger partial charge in [0.1, 0.15) is 0 Å². The maximum atomic E-state index is 11.3. The van der Waals surface area contributed by atoms with Crippen LogP contribution in [-0.4, -0.2) is 11.7 Å². The topological polar surface area (TPSA) is 55.5 Å². The second-order valence-corrected chi connectivity index (χ2v) is 6.45. The van der Waals surface area contributed by atoms with Crippen LogP contribution in [0.3, 0.4) is 0 Å². The number of thioether (sulfide) groups is 1. The van der Waals surface area contributed by atoms with Crippen molar-refractivity contribution in [2.24, 2.45) is 16.6 Å². The summed E-state index contributed by atoms with van der Waals surface area (Å²) in [7, 11) is 0. The van der Waals surface area contributed by atoms with Crippen LogP contribution in [0.2, 0.25) is 0 Å². The Morgan fingerprint density at radius 2 is 2.10 bits per heavy atom. The minimum absolute atomic E-state index is 0.189. The lowest BCUT2D eigenvalue weighted by molar-refractivity contribution is 0.1000. The summed E-state index contributed by atoms with van der Waals surface area (Å²) in [5, 5.41) is 1.97. The number of benzene rings is 2. The number of primary amides is 1. The molecule has 0 spiro atoms. The van der Waals surface area contributed by atoms with Gasteiger partial charge in [0.25, 0.3) is 0 Å². The van der Waals surface area contributed by atoms with Gasteiger partial charge in [-0.05, 0) is 35.0 Å². The summed E-state index contributed by atoms with van der Waals surface area (Å²) in [6.45, 7) is 0. The lowest BCUT2D eigenvalue weighted by Crippen LogP contribution is -2.35. The number of carbonyl (C=O) groups is 1. The number of nitrogens with two attached hydrogens (primary N) is 1. The molecule has 4 rings (SSSR count). The first-order valence-electron chi connectivity index (χ1n) is 6.94. The Hall–Kier alpha value is -2.07. The van der Waals surface area contributed by atoms with E-state index in [4.69, 9.17) is 10.7 Å². The van der Waals surface area contributed by atoms with Gasteiger partial charge in [-0.2, -0.15) is 0 Å². The summed E-state index contributed by atoms with van der Waals surface area (Å²) in [6, 6.07) is 14.2. The van der Waals surface area contributed by atoms with Crippen LogP contribution in [0.25, 0.3) is 6.08 Å². The van der Waals surface area contributed by atoms with Gasteiger partial charge in [-0.1, -0.05) is 24.3 Å². The SMILES string of the molecule is NC(=O)c1ccc2c(c1)=CC1CSc3ccccc3C1N=2. The second-order valence-electron chi connectivity index (χ2n) is 5.39. The van der Waals surface area contributed by atoms with Gasteiger partial charge >= 0.3 is 0 Å². The summed E-state index contributed by atoms with van der Waals surface area (Å²) in [5.41, 5.74) is 7.20. The van der Waals surface area contributed by atoms with Crippen molar-refractivity contribution in [3.63, 3.8) is 0 Å². The summed E-state index contributed by atoms with van der Waals surface area (Å²) >= 11 is 1.88. The van der Waals surface area contributed by atoms with E-state index < -0.39 is 5.91 Å². The first-order valence-corrected chi connectivity index (χ1v) is 7.92. The highest BCUT2D eigenvalue weighted by Gasteiger charge is 2.29. The van der Waals surface area contributed by atoms with Gasteiger partial charge in [-0.25, -0.2) is 0 Å². The predicted octanol–water partition coefficient (Wildman–Crippen LogP) is 1.66. The maximum absolute atomic E-state index is 11.3. The first-order chi connectivity index (χ1) is 10.2. The fraction of sp³-hybridized carbons (Fsp3) is 0.176. The standard InChI is InChI=1S/C17H14N2OS/c18-17(20)10-5-6-14-11(7-10)8-12-9-21-15-4-2-1-3-13(15)16(12)19-14/h1-8,12,16H,9H2,(H2,18,20). The molecule has 104 valence electrons. The zero-order valence-electron chi connectivity index (χ0n) is 11.3. The number of rotatable bonds is 1. The average molecular weight is 294 g/mol. The molecule has 2 aliphatic heterocycles. The van der Waals surface area contributed by atoms with E-state index in [1.54, 1.807) is 6.07 Å². The third kappa shape index (κ3) is 2.07. The number of carbonyl (C=O) groups excluding carboxylic acids is 1. The van der Waals surface area contributed by atoms with Gasteiger partial charge in [0.2, 0.25) is 5.91 Å². The van der Waals surface area contributed by atoms with Crippen molar-refractivity contribution in [3.05, 3.63) is 64.2 Å². The quantitative estimate of drug-likeness (QED) is 0.869. The van der Waals surface area contributed by atoms with E-state index >= 15 is 0 Å². The van der Waals surface area contributed by atoms with Gasteiger partial charge in [-0.3, -0.25) is 9.79 Å². The van der Waals surface area contributed by atoms with Crippen LogP contribution >= 0.6 is 11.8 Å². The van der Waals surface area contributed by atoms with Gasteiger partial charge < -0.3 is 5.73 Å². The normalized spacial score (nSPS) is 22.1. The molecule has 0 saturated carbocycles. The van der Waals surface area contributed by atoms with Crippen molar-refractivity contribution in [2.75, 3.05) is 5.75 Å². The molecule has 3 nitrogen and oxygen atoms in total. The van der Waals surface area contributed by atoms with Crippen molar-refractivity contribution in [1.29, 1.82) is 0 Å². The van der Waals surface area contributed by atoms with Gasteiger partial charge in [0.05, 0.1) is 11.4 Å². The van der Waals surface area contributed by atoms with Crippen LogP contribution in [0.5, 0.6) is 0 Å². The van der Waals surface area contributed by atoms with E-state index in [0.717, 1.165) is 16.3 Å². The van der Waals surface area contributed by atoms with Crippen LogP contribution in [-0.2, 0) is 0 Å². The van der Waals surface area contributed by atoms with Crippen molar-refractivity contribution in [1.82, 2.24) is 0 Å². The monoisotopic (exact) mass is 294 g/mol. The molecule has 2 N–H and O–H groups in total. The van der Waals surface area contributed by atoms with E-state index in [9.17, 15) is 4.79 Å². The molecule has 0 aromatic heterocycles. The molecule has 4 heteroatoms. The highest BCUT2D eigenvalue weighted by atomic mass is 32.2. The fourth-order valence-electron chi connectivity index (χ4n) is 3.01. The molecule has 0 bridgehead atoms. The molecule has 2 unspecified atom stereocenters. The van der Waals surface area contributed by atoms with E-state index in [1.165, 1.54) is 10.5 Å². The lowest BCUT2D eigenvalue weighted by atomic mass is 9.91. The van der Waals surface area contributed by atoms with Crippen LogP contribution in [0, 0.1) is 5.92 Å². The second kappa shape index (κ2) is 4.74. The van der Waals surface area contributed by atoms with Crippen LogP contribution in [0.15, 0.2) is 52.4 Å². The molecule has 0 saturated heterocycles. The van der Waals surface area contributed by atoms with Crippen molar-refractivity contribution in [2.45, 2.75) is 10.9 Å². The Balaban J connectivity index is 1.89. The molecule has 21 heavy (non-hydrogen) atoms. The molecule has 1 amide bonds. The van der Waals surface area contributed by atoms with Crippen molar-refractivity contribution >= 4 is 23.7 Å². The zero-order chi connectivity index (χ0) is 14.4. The number of fused-ring (bicyclic) bond motifs is 4. The first kappa shape index (κ1) is 12.7. The van der Waals surface area contributed by atoms with Gasteiger partial charge in [0.15, 0.2) is 0 Å². The molecular weight excluding hydrogens is 280 g/mol. The molecule has 2 aromatic carbocycles. The third-order valence-corrected chi connectivity index (χ3v) is 5.29. The van der Waals surface area contributed by atoms with Crippen LogP contribution in [0.1, 0.15) is 22.0 Å². The van der Waals surface area contributed by atoms with E-state index in [0.29, 0.717) is 11.5 Å². The molecule has 2 heterocycles. The highest BCUT2D eigenvalue weighted by Crippen LogP contribution is 2.42. The number of nitrogens with zero attached hydrogens (tertiary/aromatic N) is 1. The van der Waals surface area contributed by atoms with E-state index in [-0.39, 0.29) is 6.04 Å². The summed E-state index contributed by atoms with van der Waals surface area (Å²) in [5.74, 6) is 1.00. The molecule has 0 radical (unpaired) electrons. The number of amides is 1. The largest absolute Gasteiger partial charge is 0.366 e. The smallest absolute Gasteiger partial charge is 0.248 e. The average Bonchev–Trinajstić information content (AvgIpc) is 2.52. The molecule has 2 aromatic rings. The predicted molar refractivity (Wildman–Crippen MR) is 83.6 cm³/mol. The third-order valence-electron chi connectivity index (χ3n) is 4.06. The Labute approximate surface area is 126 Å². The van der Waals surface area contributed by atoms with Gasteiger partial charge in [-0.15, -0.1) is 11.8 Å². The van der Waals surface area contributed by atoms with Crippen LogP contribution < -0.4 is 16.3 Å². The maximum Gasteiger partial charge on any atom is 0.248 e. The van der Waals surface area contributed by atoms with Crippen molar-refractivity contribution < 1.29 is 4.79 Å². The highest BCUT2D eigenvalue weighted by molar-refractivity contribution is 7.99. The number of hydrogen-bond acceptors (Lipinski definition) is 3. The number of hydrogen-bond donors (Lipinski definition) is 1. The Kier molecular flexibility index (Phi) is 2.86. The fourth-order valence-corrected chi connectivity index (χ4v) is 4.19. The molecular formula is C17H14N2OS. The van der Waals surface area contributed by atoms with Crippen molar-refractivity contribution in [3.8, 4) is 0 Å². The Morgan fingerprint density at radius 3 is 2.95 bits per heavy atom. The molecule has 0 fully saturated rings. The van der Waals surface area contributed by atoms with Gasteiger partial charge in [0, 0.05) is 22.1 Å². The zero-order valence-corrected chi connectivity index (χ0v) is 12.1. The lowest BCUT2D eigenvalue weighted by Gasteiger charge is -2.30. The molecule has 2 aliphatic rings. The summed E-state index contributed by atoms with van der Waals surface area (Å²) in [6.07, 6.45) is 2.24. The Morgan fingerprint density at radius 1 is 1.24 bits per heavy atom. The summed E-state index contributed by atoms with van der Waals surface area (Å²) in [4.78, 5) is 17.5. The van der Waals surface area contributed by atoms with Crippen LogP contribution in [0.4, 0.5) is 0 Å².